The number of likely N-dealkylation sites (tertiary alicyclic amines) is 1. The molecular formula is C14H19FN2O2. The Labute approximate surface area is 112 Å². The van der Waals surface area contributed by atoms with Crippen molar-refractivity contribution in [3.8, 4) is 0 Å². The SMILES string of the molecule is NC1CC(c2ccc(F)cc2)CN(CCC(=O)O)C1. The van der Waals surface area contributed by atoms with E-state index < -0.39 is 5.97 Å². The number of nitrogens with zero attached hydrogens (tertiary/aromatic N) is 1. The third-order valence-electron chi connectivity index (χ3n) is 3.54. The topological polar surface area (TPSA) is 66.6 Å². The van der Waals surface area contributed by atoms with Crippen LogP contribution in [0.15, 0.2) is 24.3 Å². The van der Waals surface area contributed by atoms with E-state index in [-0.39, 0.29) is 24.2 Å². The number of aliphatic carboxylic acids is 1. The van der Waals surface area contributed by atoms with Crippen LogP contribution in [-0.2, 0) is 4.79 Å². The minimum Gasteiger partial charge on any atom is -0.481 e. The molecular weight excluding hydrogens is 247 g/mol. The second-order valence-electron chi connectivity index (χ2n) is 5.15. The van der Waals surface area contributed by atoms with Gasteiger partial charge in [-0.05, 0) is 30.0 Å². The van der Waals surface area contributed by atoms with Crippen molar-refractivity contribution in [1.29, 1.82) is 0 Å². The van der Waals surface area contributed by atoms with Gasteiger partial charge in [-0.3, -0.25) is 4.79 Å². The normalized spacial score (nSPS) is 24.3. The smallest absolute Gasteiger partial charge is 0.304 e. The van der Waals surface area contributed by atoms with Crippen molar-refractivity contribution in [2.45, 2.75) is 24.8 Å². The first-order chi connectivity index (χ1) is 9.04. The maximum atomic E-state index is 12.9. The molecule has 1 heterocycles. The largest absolute Gasteiger partial charge is 0.481 e. The van der Waals surface area contributed by atoms with E-state index in [1.54, 1.807) is 12.1 Å². The van der Waals surface area contributed by atoms with E-state index >= 15 is 0 Å². The summed E-state index contributed by atoms with van der Waals surface area (Å²) >= 11 is 0. The molecule has 0 aliphatic carbocycles. The standard InChI is InChI=1S/C14H19FN2O2/c15-12-3-1-10(2-4-12)11-7-13(16)9-17(8-11)6-5-14(18)19/h1-4,11,13H,5-9,16H2,(H,18,19). The lowest BCUT2D eigenvalue weighted by Crippen LogP contribution is -2.46. The molecule has 5 heteroatoms. The van der Waals surface area contributed by atoms with Gasteiger partial charge in [0.1, 0.15) is 5.82 Å². The third kappa shape index (κ3) is 4.01. The maximum absolute atomic E-state index is 12.9. The highest BCUT2D eigenvalue weighted by atomic mass is 19.1. The van der Waals surface area contributed by atoms with E-state index in [1.807, 2.05) is 0 Å². The molecule has 0 bridgehead atoms. The van der Waals surface area contributed by atoms with Gasteiger partial charge in [-0.2, -0.15) is 0 Å². The van der Waals surface area contributed by atoms with Crippen molar-refractivity contribution in [2.75, 3.05) is 19.6 Å². The quantitative estimate of drug-likeness (QED) is 0.865. The zero-order valence-corrected chi connectivity index (χ0v) is 10.8. The molecule has 2 atom stereocenters. The van der Waals surface area contributed by atoms with Crippen LogP contribution in [0.25, 0.3) is 0 Å². The highest BCUT2D eigenvalue weighted by Gasteiger charge is 2.26. The number of halogens is 1. The van der Waals surface area contributed by atoms with Gasteiger partial charge in [0.05, 0.1) is 6.42 Å². The molecule has 2 unspecified atom stereocenters. The summed E-state index contributed by atoms with van der Waals surface area (Å²) in [5.74, 6) is -0.790. The summed E-state index contributed by atoms with van der Waals surface area (Å²) in [5.41, 5.74) is 7.09. The van der Waals surface area contributed by atoms with Gasteiger partial charge in [0.15, 0.2) is 0 Å². The molecule has 0 radical (unpaired) electrons. The second kappa shape index (κ2) is 6.12. The lowest BCUT2D eigenvalue weighted by atomic mass is 9.88. The number of hydrogen-bond donors (Lipinski definition) is 2. The number of carboxylic acids is 1. The van der Waals surface area contributed by atoms with Crippen molar-refractivity contribution in [2.24, 2.45) is 5.73 Å². The average molecular weight is 266 g/mol. The van der Waals surface area contributed by atoms with Crippen LogP contribution in [-0.4, -0.2) is 41.7 Å². The van der Waals surface area contributed by atoms with Crippen LogP contribution in [0.1, 0.15) is 24.3 Å². The number of piperidine rings is 1. The Kier molecular flexibility index (Phi) is 4.50. The molecule has 4 nitrogen and oxygen atoms in total. The first-order valence-corrected chi connectivity index (χ1v) is 6.50. The number of benzene rings is 1. The van der Waals surface area contributed by atoms with E-state index in [2.05, 4.69) is 4.90 Å². The summed E-state index contributed by atoms with van der Waals surface area (Å²) in [7, 11) is 0. The molecule has 3 N–H and O–H groups in total. The predicted molar refractivity (Wildman–Crippen MR) is 70.4 cm³/mol. The minimum absolute atomic E-state index is 0.0394. The van der Waals surface area contributed by atoms with Crippen molar-refractivity contribution >= 4 is 5.97 Å². The third-order valence-corrected chi connectivity index (χ3v) is 3.54. The second-order valence-corrected chi connectivity index (χ2v) is 5.15. The molecule has 1 aromatic carbocycles. The molecule has 2 rings (SSSR count). The number of rotatable bonds is 4. The van der Waals surface area contributed by atoms with E-state index in [9.17, 15) is 9.18 Å². The summed E-state index contributed by atoms with van der Waals surface area (Å²) in [6, 6.07) is 6.52. The predicted octanol–water partition coefficient (Wildman–Crippen LogP) is 1.42. The Morgan fingerprint density at radius 3 is 2.68 bits per heavy atom. The summed E-state index contributed by atoms with van der Waals surface area (Å²) in [4.78, 5) is 12.7. The van der Waals surface area contributed by atoms with E-state index in [0.29, 0.717) is 6.54 Å². The highest BCUT2D eigenvalue weighted by molar-refractivity contribution is 5.66. The number of nitrogens with two attached hydrogens (primary N) is 1. The molecule has 104 valence electrons. The summed E-state index contributed by atoms with van der Waals surface area (Å²) < 4.78 is 12.9. The zero-order chi connectivity index (χ0) is 13.8. The molecule has 0 saturated carbocycles. The Hall–Kier alpha value is -1.46. The van der Waals surface area contributed by atoms with Crippen molar-refractivity contribution in [3.63, 3.8) is 0 Å². The molecule has 1 saturated heterocycles. The van der Waals surface area contributed by atoms with Crippen LogP contribution in [0.5, 0.6) is 0 Å². The number of carbonyl (C=O) groups is 1. The van der Waals surface area contributed by atoms with Gasteiger partial charge in [-0.25, -0.2) is 4.39 Å². The van der Waals surface area contributed by atoms with Crippen LogP contribution in [0, 0.1) is 5.82 Å². The van der Waals surface area contributed by atoms with E-state index in [4.69, 9.17) is 10.8 Å². The van der Waals surface area contributed by atoms with E-state index in [1.165, 1.54) is 12.1 Å². The van der Waals surface area contributed by atoms with Crippen LogP contribution in [0.3, 0.4) is 0 Å². The lowest BCUT2D eigenvalue weighted by molar-refractivity contribution is -0.137. The monoisotopic (exact) mass is 266 g/mol. The summed E-state index contributed by atoms with van der Waals surface area (Å²) in [6.45, 7) is 2.03. The van der Waals surface area contributed by atoms with Crippen molar-refractivity contribution in [1.82, 2.24) is 4.90 Å². The van der Waals surface area contributed by atoms with Gasteiger partial charge in [0, 0.05) is 25.7 Å². The number of hydrogen-bond acceptors (Lipinski definition) is 3. The summed E-state index contributed by atoms with van der Waals surface area (Å²) in [6.07, 6.45) is 0.984. The van der Waals surface area contributed by atoms with Crippen molar-refractivity contribution in [3.05, 3.63) is 35.6 Å². The molecule has 1 aromatic rings. The van der Waals surface area contributed by atoms with Gasteiger partial charge in [0.25, 0.3) is 0 Å². The zero-order valence-electron chi connectivity index (χ0n) is 10.8. The number of carboxylic acid groups (broad SMARTS) is 1. The van der Waals surface area contributed by atoms with Gasteiger partial charge in [0.2, 0.25) is 0 Å². The molecule has 19 heavy (non-hydrogen) atoms. The molecule has 0 amide bonds. The average Bonchev–Trinajstić information content (AvgIpc) is 2.36. The molecule has 1 aliphatic heterocycles. The lowest BCUT2D eigenvalue weighted by Gasteiger charge is -2.36. The first-order valence-electron chi connectivity index (χ1n) is 6.50. The van der Waals surface area contributed by atoms with Crippen LogP contribution < -0.4 is 5.73 Å². The van der Waals surface area contributed by atoms with Crippen LogP contribution in [0.2, 0.25) is 0 Å². The molecule has 1 aliphatic rings. The molecule has 0 spiro atoms. The summed E-state index contributed by atoms with van der Waals surface area (Å²) in [5, 5.41) is 8.72. The van der Waals surface area contributed by atoms with Gasteiger partial charge < -0.3 is 15.7 Å². The van der Waals surface area contributed by atoms with Crippen LogP contribution in [0.4, 0.5) is 4.39 Å². The molecule has 1 fully saturated rings. The van der Waals surface area contributed by atoms with E-state index in [0.717, 1.165) is 25.1 Å². The first kappa shape index (κ1) is 14.0. The minimum atomic E-state index is -0.794. The van der Waals surface area contributed by atoms with Gasteiger partial charge in [-0.1, -0.05) is 12.1 Å². The Morgan fingerprint density at radius 1 is 1.37 bits per heavy atom. The van der Waals surface area contributed by atoms with Crippen molar-refractivity contribution < 1.29 is 14.3 Å². The maximum Gasteiger partial charge on any atom is 0.304 e. The fourth-order valence-corrected chi connectivity index (χ4v) is 2.65. The van der Waals surface area contributed by atoms with Crippen LogP contribution >= 0.6 is 0 Å². The fourth-order valence-electron chi connectivity index (χ4n) is 2.65. The highest BCUT2D eigenvalue weighted by Crippen LogP contribution is 2.26. The Balaban J connectivity index is 2.00. The van der Waals surface area contributed by atoms with Gasteiger partial charge in [-0.15, -0.1) is 0 Å². The Bertz CT molecular complexity index is 436. The molecule has 0 aromatic heterocycles. The van der Waals surface area contributed by atoms with Gasteiger partial charge >= 0.3 is 5.97 Å². The Morgan fingerprint density at radius 2 is 2.05 bits per heavy atom. The fraction of sp³-hybridized carbons (Fsp3) is 0.500.